The number of nitrogens with one attached hydrogen (secondary N) is 1. The summed E-state index contributed by atoms with van der Waals surface area (Å²) in [6.07, 6.45) is 0. The van der Waals surface area contributed by atoms with Crippen LogP contribution in [0.25, 0.3) is 0 Å². The van der Waals surface area contributed by atoms with Crippen LogP contribution in [-0.4, -0.2) is 29.5 Å². The summed E-state index contributed by atoms with van der Waals surface area (Å²) in [5.41, 5.74) is -0.386. The first kappa shape index (κ1) is 18.9. The highest BCUT2D eigenvalue weighted by Gasteiger charge is 2.18. The highest BCUT2D eigenvalue weighted by Crippen LogP contribution is 2.31. The third-order valence-corrected chi connectivity index (χ3v) is 3.38. The summed E-state index contributed by atoms with van der Waals surface area (Å²) in [6, 6.07) is 7.43. The van der Waals surface area contributed by atoms with Crippen LogP contribution >= 0.6 is 11.6 Å². The standard InChI is InChI=1S/C15H12ClN3O7/c1-25-14-7-10(18(21)22)3-4-11(14)17-15(20)8-26-13-5-2-9(16)6-12(13)19(23)24/h2-7H,8H2,1H3,(H,17,20). The van der Waals surface area contributed by atoms with E-state index in [0.29, 0.717) is 0 Å². The van der Waals surface area contributed by atoms with Crippen LogP contribution < -0.4 is 14.8 Å². The van der Waals surface area contributed by atoms with Crippen molar-refractivity contribution in [1.29, 1.82) is 0 Å². The fourth-order valence-corrected chi connectivity index (χ4v) is 2.15. The predicted molar refractivity (Wildman–Crippen MR) is 91.9 cm³/mol. The molecule has 0 atom stereocenters. The number of carbonyl (C=O) groups is 1. The topological polar surface area (TPSA) is 134 Å². The zero-order valence-corrected chi connectivity index (χ0v) is 14.1. The lowest BCUT2D eigenvalue weighted by molar-refractivity contribution is -0.385. The fraction of sp³-hybridized carbons (Fsp3) is 0.133. The van der Waals surface area contributed by atoms with Crippen LogP contribution in [0.1, 0.15) is 0 Å². The molecule has 2 aromatic rings. The van der Waals surface area contributed by atoms with Crippen molar-refractivity contribution < 1.29 is 24.1 Å². The highest BCUT2D eigenvalue weighted by atomic mass is 35.5. The Kier molecular flexibility index (Phi) is 5.91. The summed E-state index contributed by atoms with van der Waals surface area (Å²) >= 11 is 5.70. The molecule has 0 aliphatic rings. The number of nitrogens with zero attached hydrogens (tertiary/aromatic N) is 2. The molecule has 0 saturated heterocycles. The van der Waals surface area contributed by atoms with Gasteiger partial charge < -0.3 is 14.8 Å². The summed E-state index contributed by atoms with van der Waals surface area (Å²) in [5.74, 6) is -0.670. The van der Waals surface area contributed by atoms with Gasteiger partial charge in [0.15, 0.2) is 12.4 Å². The van der Waals surface area contributed by atoms with Crippen molar-refractivity contribution in [2.24, 2.45) is 0 Å². The van der Waals surface area contributed by atoms with Gasteiger partial charge in [0.2, 0.25) is 0 Å². The first-order chi connectivity index (χ1) is 12.3. The molecule has 1 N–H and O–H groups in total. The smallest absolute Gasteiger partial charge is 0.312 e. The van der Waals surface area contributed by atoms with Gasteiger partial charge in [0, 0.05) is 17.2 Å². The monoisotopic (exact) mass is 381 g/mol. The molecular formula is C15H12ClN3O7. The Hall–Kier alpha value is -3.40. The van der Waals surface area contributed by atoms with Gasteiger partial charge in [-0.25, -0.2) is 0 Å². The van der Waals surface area contributed by atoms with Gasteiger partial charge in [-0.1, -0.05) is 11.6 Å². The van der Waals surface area contributed by atoms with Gasteiger partial charge in [0.25, 0.3) is 11.6 Å². The fourth-order valence-electron chi connectivity index (χ4n) is 1.98. The van der Waals surface area contributed by atoms with E-state index in [0.717, 1.165) is 12.1 Å². The second-order valence-electron chi connectivity index (χ2n) is 4.85. The minimum absolute atomic E-state index is 0.0880. The van der Waals surface area contributed by atoms with Gasteiger partial charge >= 0.3 is 5.69 Å². The third kappa shape index (κ3) is 4.57. The zero-order chi connectivity index (χ0) is 19.3. The van der Waals surface area contributed by atoms with E-state index in [2.05, 4.69) is 5.32 Å². The molecule has 2 rings (SSSR count). The van der Waals surface area contributed by atoms with E-state index < -0.39 is 22.4 Å². The Balaban J connectivity index is 2.08. The van der Waals surface area contributed by atoms with E-state index in [1.807, 2.05) is 0 Å². The second kappa shape index (κ2) is 8.12. The van der Waals surface area contributed by atoms with Crippen molar-refractivity contribution in [3.05, 3.63) is 61.6 Å². The molecule has 11 heteroatoms. The number of amides is 1. The lowest BCUT2D eigenvalue weighted by Crippen LogP contribution is -2.20. The molecule has 0 spiro atoms. The molecule has 0 aliphatic heterocycles. The molecule has 0 aromatic heterocycles. The Morgan fingerprint density at radius 1 is 1.12 bits per heavy atom. The van der Waals surface area contributed by atoms with E-state index in [-0.39, 0.29) is 33.6 Å². The summed E-state index contributed by atoms with van der Waals surface area (Å²) in [6.45, 7) is -0.525. The van der Waals surface area contributed by atoms with E-state index >= 15 is 0 Å². The molecule has 136 valence electrons. The second-order valence-corrected chi connectivity index (χ2v) is 5.28. The molecule has 26 heavy (non-hydrogen) atoms. The predicted octanol–water partition coefficient (Wildman–Crippen LogP) is 3.18. The van der Waals surface area contributed by atoms with E-state index in [9.17, 15) is 25.0 Å². The third-order valence-electron chi connectivity index (χ3n) is 3.15. The number of carbonyl (C=O) groups excluding carboxylic acids is 1. The lowest BCUT2D eigenvalue weighted by Gasteiger charge is -2.11. The first-order valence-electron chi connectivity index (χ1n) is 7.01. The quantitative estimate of drug-likeness (QED) is 0.574. The Bertz CT molecular complexity index is 872. The summed E-state index contributed by atoms with van der Waals surface area (Å²) in [5, 5.41) is 24.3. The molecule has 10 nitrogen and oxygen atoms in total. The van der Waals surface area contributed by atoms with Gasteiger partial charge in [0.1, 0.15) is 5.75 Å². The van der Waals surface area contributed by atoms with Crippen LogP contribution in [0.4, 0.5) is 17.1 Å². The van der Waals surface area contributed by atoms with E-state index in [4.69, 9.17) is 21.1 Å². The number of benzene rings is 2. The molecule has 1 amide bonds. The number of nitro groups is 2. The number of nitro benzene ring substituents is 2. The van der Waals surface area contributed by atoms with Crippen LogP contribution in [-0.2, 0) is 4.79 Å². The summed E-state index contributed by atoms with van der Waals surface area (Å²) < 4.78 is 10.2. The van der Waals surface area contributed by atoms with Crippen molar-refractivity contribution in [2.45, 2.75) is 0 Å². The Morgan fingerprint density at radius 3 is 2.46 bits per heavy atom. The van der Waals surface area contributed by atoms with Crippen molar-refractivity contribution >= 4 is 34.6 Å². The number of halogens is 1. The van der Waals surface area contributed by atoms with Crippen LogP contribution in [0.3, 0.4) is 0 Å². The van der Waals surface area contributed by atoms with Gasteiger partial charge in [-0.15, -0.1) is 0 Å². The van der Waals surface area contributed by atoms with E-state index in [1.165, 1.54) is 31.4 Å². The molecular weight excluding hydrogens is 370 g/mol. The number of hydrogen-bond donors (Lipinski definition) is 1. The van der Waals surface area contributed by atoms with Gasteiger partial charge in [-0.3, -0.25) is 25.0 Å². The molecule has 0 aliphatic carbocycles. The maximum absolute atomic E-state index is 12.0. The largest absolute Gasteiger partial charge is 0.494 e. The van der Waals surface area contributed by atoms with Crippen molar-refractivity contribution in [2.75, 3.05) is 19.0 Å². The molecule has 0 unspecified atom stereocenters. The number of methoxy groups -OCH3 is 1. The number of hydrogen-bond acceptors (Lipinski definition) is 7. The minimum atomic E-state index is -0.682. The zero-order valence-electron chi connectivity index (χ0n) is 13.3. The van der Waals surface area contributed by atoms with E-state index in [1.54, 1.807) is 0 Å². The number of non-ortho nitro benzene ring substituents is 1. The van der Waals surface area contributed by atoms with Crippen LogP contribution in [0.15, 0.2) is 36.4 Å². The van der Waals surface area contributed by atoms with Gasteiger partial charge in [-0.2, -0.15) is 0 Å². The van der Waals surface area contributed by atoms with Crippen molar-refractivity contribution in [3.63, 3.8) is 0 Å². The summed E-state index contributed by atoms with van der Waals surface area (Å²) in [4.78, 5) is 32.4. The van der Waals surface area contributed by atoms with Crippen LogP contribution in [0, 0.1) is 20.2 Å². The normalized spacial score (nSPS) is 10.1. The molecule has 2 aromatic carbocycles. The number of ether oxygens (including phenoxy) is 2. The van der Waals surface area contributed by atoms with Gasteiger partial charge in [-0.05, 0) is 18.2 Å². The number of rotatable bonds is 7. The molecule has 0 bridgehead atoms. The minimum Gasteiger partial charge on any atom is -0.494 e. The molecule has 0 heterocycles. The first-order valence-corrected chi connectivity index (χ1v) is 7.38. The van der Waals surface area contributed by atoms with Crippen molar-refractivity contribution in [1.82, 2.24) is 0 Å². The lowest BCUT2D eigenvalue weighted by atomic mass is 10.2. The molecule has 0 fully saturated rings. The Labute approximate surface area is 151 Å². The van der Waals surface area contributed by atoms with Crippen LogP contribution in [0.2, 0.25) is 5.02 Å². The van der Waals surface area contributed by atoms with Gasteiger partial charge in [0.05, 0.1) is 28.7 Å². The van der Waals surface area contributed by atoms with Crippen molar-refractivity contribution in [3.8, 4) is 11.5 Å². The Morgan fingerprint density at radius 2 is 1.85 bits per heavy atom. The maximum Gasteiger partial charge on any atom is 0.312 e. The summed E-state index contributed by atoms with van der Waals surface area (Å²) in [7, 11) is 1.29. The molecule has 0 radical (unpaired) electrons. The number of anilines is 1. The SMILES string of the molecule is COc1cc([N+](=O)[O-])ccc1NC(=O)COc1ccc(Cl)cc1[N+](=O)[O-]. The average Bonchev–Trinajstić information content (AvgIpc) is 2.60. The molecule has 0 saturated carbocycles. The van der Waals surface area contributed by atoms with Crippen LogP contribution in [0.5, 0.6) is 11.5 Å². The maximum atomic E-state index is 12.0. The average molecular weight is 382 g/mol. The highest BCUT2D eigenvalue weighted by molar-refractivity contribution is 6.30.